The molecule has 116 valence electrons. The van der Waals surface area contributed by atoms with Crippen molar-refractivity contribution in [3.8, 4) is 5.75 Å². The van der Waals surface area contributed by atoms with Crippen LogP contribution in [0, 0.1) is 17.8 Å². The molecule has 0 aromatic heterocycles. The summed E-state index contributed by atoms with van der Waals surface area (Å²) >= 11 is 6.23. The zero-order valence-corrected chi connectivity index (χ0v) is 13.8. The highest BCUT2D eigenvalue weighted by Gasteiger charge is 2.46. The van der Waals surface area contributed by atoms with E-state index in [0.29, 0.717) is 16.9 Å². The van der Waals surface area contributed by atoms with Crippen LogP contribution >= 0.6 is 11.6 Å². The molecule has 1 fully saturated rings. The van der Waals surface area contributed by atoms with Crippen molar-refractivity contribution in [2.24, 2.45) is 17.8 Å². The number of hydrogen-bond donors (Lipinski definition) is 1. The summed E-state index contributed by atoms with van der Waals surface area (Å²) in [5, 5.41) is 9.77. The number of carbonyl (C=O) groups is 1. The Kier molecular flexibility index (Phi) is 4.82. The first-order valence-electron chi connectivity index (χ1n) is 7.44. The molecule has 1 aromatic carbocycles. The number of ether oxygens (including phenoxy) is 1. The van der Waals surface area contributed by atoms with Crippen LogP contribution in [0.2, 0.25) is 5.02 Å². The third-order valence-corrected chi connectivity index (χ3v) is 4.63. The van der Waals surface area contributed by atoms with Crippen molar-refractivity contribution in [3.05, 3.63) is 28.3 Å². The highest BCUT2D eigenvalue weighted by Crippen LogP contribution is 2.46. The van der Waals surface area contributed by atoms with E-state index in [1.807, 2.05) is 12.1 Å². The van der Waals surface area contributed by atoms with Gasteiger partial charge in [0.25, 0.3) is 0 Å². The first kappa shape index (κ1) is 16.2. The third-order valence-electron chi connectivity index (χ3n) is 4.42. The number of rotatable bonds is 6. The maximum absolute atomic E-state index is 11.0. The average Bonchev–Trinajstić information content (AvgIpc) is 3.18. The number of methoxy groups -OCH3 is 1. The molecule has 3 atom stereocenters. The van der Waals surface area contributed by atoms with E-state index in [2.05, 4.69) is 20.8 Å². The number of hydrogen-bond acceptors (Lipinski definition) is 2. The Hall–Kier alpha value is -1.22. The number of aliphatic carboxylic acids is 1. The van der Waals surface area contributed by atoms with Gasteiger partial charge in [-0.05, 0) is 53.9 Å². The lowest BCUT2D eigenvalue weighted by atomic mass is 9.91. The molecule has 1 aromatic rings. The van der Waals surface area contributed by atoms with Crippen molar-refractivity contribution in [2.75, 3.05) is 7.11 Å². The number of carboxylic acids is 1. The van der Waals surface area contributed by atoms with Crippen LogP contribution in [-0.4, -0.2) is 18.2 Å². The Labute approximate surface area is 131 Å². The van der Waals surface area contributed by atoms with Crippen molar-refractivity contribution < 1.29 is 14.6 Å². The fraction of sp³-hybridized carbons (Fsp3) is 0.588. The molecule has 3 unspecified atom stereocenters. The van der Waals surface area contributed by atoms with Crippen LogP contribution in [0.5, 0.6) is 5.75 Å². The minimum absolute atomic E-state index is 0.172. The molecule has 4 heteroatoms. The maximum atomic E-state index is 11.0. The summed E-state index contributed by atoms with van der Waals surface area (Å²) in [5.74, 6) is 0.976. The van der Waals surface area contributed by atoms with Crippen molar-refractivity contribution in [1.29, 1.82) is 0 Å². The van der Waals surface area contributed by atoms with Crippen molar-refractivity contribution in [2.45, 2.75) is 39.5 Å². The summed E-state index contributed by atoms with van der Waals surface area (Å²) in [5.41, 5.74) is 2.19. The summed E-state index contributed by atoms with van der Waals surface area (Å²) in [7, 11) is 1.68. The van der Waals surface area contributed by atoms with Gasteiger partial charge in [0.05, 0.1) is 13.0 Å². The van der Waals surface area contributed by atoms with Gasteiger partial charge in [-0.15, -0.1) is 0 Å². The van der Waals surface area contributed by atoms with Gasteiger partial charge >= 0.3 is 5.97 Å². The molecule has 0 aliphatic heterocycles. The second-order valence-corrected chi connectivity index (χ2v) is 6.80. The topological polar surface area (TPSA) is 46.5 Å². The van der Waals surface area contributed by atoms with Crippen molar-refractivity contribution in [1.82, 2.24) is 0 Å². The second-order valence-electron chi connectivity index (χ2n) is 6.37. The summed E-state index contributed by atoms with van der Waals surface area (Å²) in [6.45, 7) is 6.34. The lowest BCUT2D eigenvalue weighted by Crippen LogP contribution is -2.10. The standard InChI is InChI=1S/C17H23ClO3/c1-9(2)13-7-12(18)6-11(16(13)21-4)5-10(3)14-8-15(14)17(19)20/h6-7,9-10,14-15H,5,8H2,1-4H3,(H,19,20). The zero-order chi connectivity index (χ0) is 15.7. The van der Waals surface area contributed by atoms with E-state index in [0.717, 1.165) is 29.7 Å². The van der Waals surface area contributed by atoms with Gasteiger partial charge in [-0.2, -0.15) is 0 Å². The average molecular weight is 311 g/mol. The number of benzene rings is 1. The van der Waals surface area contributed by atoms with Crippen LogP contribution in [0.1, 0.15) is 44.2 Å². The third kappa shape index (κ3) is 3.52. The summed E-state index contributed by atoms with van der Waals surface area (Å²) in [6, 6.07) is 3.90. The molecular formula is C17H23ClO3. The Morgan fingerprint density at radius 3 is 2.57 bits per heavy atom. The predicted molar refractivity (Wildman–Crippen MR) is 84.2 cm³/mol. The van der Waals surface area contributed by atoms with Gasteiger partial charge in [0.1, 0.15) is 5.75 Å². The summed E-state index contributed by atoms with van der Waals surface area (Å²) < 4.78 is 5.59. The van der Waals surface area contributed by atoms with E-state index in [1.54, 1.807) is 7.11 Å². The second kappa shape index (κ2) is 6.27. The molecule has 21 heavy (non-hydrogen) atoms. The van der Waals surface area contributed by atoms with Crippen molar-refractivity contribution >= 4 is 17.6 Å². The Morgan fingerprint density at radius 2 is 2.10 bits per heavy atom. The van der Waals surface area contributed by atoms with Crippen LogP contribution in [0.15, 0.2) is 12.1 Å². The minimum Gasteiger partial charge on any atom is -0.496 e. The molecule has 1 N–H and O–H groups in total. The maximum Gasteiger partial charge on any atom is 0.306 e. The van der Waals surface area contributed by atoms with E-state index >= 15 is 0 Å². The largest absolute Gasteiger partial charge is 0.496 e. The molecule has 0 radical (unpaired) electrons. The van der Waals surface area contributed by atoms with Crippen LogP contribution < -0.4 is 4.74 Å². The van der Waals surface area contributed by atoms with Gasteiger partial charge in [-0.25, -0.2) is 0 Å². The van der Waals surface area contributed by atoms with E-state index in [4.69, 9.17) is 21.4 Å². The quantitative estimate of drug-likeness (QED) is 0.848. The molecule has 0 spiro atoms. The Balaban J connectivity index is 2.21. The van der Waals surface area contributed by atoms with Crippen LogP contribution in [-0.2, 0) is 11.2 Å². The summed E-state index contributed by atoms with van der Waals surface area (Å²) in [4.78, 5) is 11.0. The fourth-order valence-corrected chi connectivity index (χ4v) is 3.38. The van der Waals surface area contributed by atoms with E-state index in [9.17, 15) is 4.79 Å². The van der Waals surface area contributed by atoms with Gasteiger partial charge < -0.3 is 9.84 Å². The SMILES string of the molecule is COc1c(CC(C)C2CC2C(=O)O)cc(Cl)cc1C(C)C. The first-order valence-corrected chi connectivity index (χ1v) is 7.82. The highest BCUT2D eigenvalue weighted by atomic mass is 35.5. The molecule has 0 bridgehead atoms. The smallest absolute Gasteiger partial charge is 0.306 e. The molecule has 0 saturated heterocycles. The molecule has 1 aliphatic carbocycles. The normalized spacial score (nSPS) is 22.2. The molecule has 0 amide bonds. The van der Waals surface area contributed by atoms with E-state index < -0.39 is 5.97 Å². The summed E-state index contributed by atoms with van der Waals surface area (Å²) in [6.07, 6.45) is 1.59. The molecule has 1 aliphatic rings. The number of carboxylic acid groups (broad SMARTS) is 1. The zero-order valence-electron chi connectivity index (χ0n) is 13.0. The minimum atomic E-state index is -0.673. The molecule has 1 saturated carbocycles. The van der Waals surface area contributed by atoms with Gasteiger partial charge in [0.2, 0.25) is 0 Å². The van der Waals surface area contributed by atoms with Gasteiger partial charge in [0, 0.05) is 5.02 Å². The van der Waals surface area contributed by atoms with Crippen LogP contribution in [0.3, 0.4) is 0 Å². The Bertz CT molecular complexity index is 539. The van der Waals surface area contributed by atoms with Crippen molar-refractivity contribution in [3.63, 3.8) is 0 Å². The lowest BCUT2D eigenvalue weighted by Gasteiger charge is -2.19. The lowest BCUT2D eigenvalue weighted by molar-refractivity contribution is -0.139. The van der Waals surface area contributed by atoms with Gasteiger partial charge in [-0.3, -0.25) is 4.79 Å². The Morgan fingerprint density at radius 1 is 1.43 bits per heavy atom. The first-order chi connectivity index (χ1) is 9.85. The molecular weight excluding hydrogens is 288 g/mol. The molecule has 3 nitrogen and oxygen atoms in total. The number of halogens is 1. The monoisotopic (exact) mass is 310 g/mol. The predicted octanol–water partition coefficient (Wildman–Crippen LogP) is 4.37. The van der Waals surface area contributed by atoms with Gasteiger partial charge in [-0.1, -0.05) is 32.4 Å². The van der Waals surface area contributed by atoms with Crippen LogP contribution in [0.4, 0.5) is 0 Å². The van der Waals surface area contributed by atoms with Gasteiger partial charge in [0.15, 0.2) is 0 Å². The van der Waals surface area contributed by atoms with Crippen LogP contribution in [0.25, 0.3) is 0 Å². The highest BCUT2D eigenvalue weighted by molar-refractivity contribution is 6.30. The molecule has 0 heterocycles. The van der Waals surface area contributed by atoms with E-state index in [-0.39, 0.29) is 11.8 Å². The molecule has 2 rings (SSSR count). The fourth-order valence-electron chi connectivity index (χ4n) is 3.13. The van der Waals surface area contributed by atoms with E-state index in [1.165, 1.54) is 0 Å².